The lowest BCUT2D eigenvalue weighted by molar-refractivity contribution is 0.0929. The van der Waals surface area contributed by atoms with E-state index in [1.165, 1.54) is 6.92 Å². The van der Waals surface area contributed by atoms with Crippen molar-refractivity contribution in [2.45, 2.75) is 39.3 Å². The number of rotatable bonds is 6. The van der Waals surface area contributed by atoms with Crippen molar-refractivity contribution in [2.75, 3.05) is 13.2 Å². The molecule has 1 aromatic heterocycles. The lowest BCUT2D eigenvalue weighted by Gasteiger charge is -2.18. The summed E-state index contributed by atoms with van der Waals surface area (Å²) in [6, 6.07) is 8.46. The summed E-state index contributed by atoms with van der Waals surface area (Å²) in [5.74, 6) is -0.392. The summed E-state index contributed by atoms with van der Waals surface area (Å²) >= 11 is 0. The number of carbonyl (C=O) groups excluding carboxylic acids is 1. The van der Waals surface area contributed by atoms with Gasteiger partial charge in [-0.05, 0) is 44.4 Å². The Morgan fingerprint density at radius 3 is 2.89 bits per heavy atom. The molecule has 1 unspecified atom stereocenters. The molecule has 1 N–H and O–H groups in total. The number of hydrogen-bond acceptors (Lipinski definition) is 6. The second kappa shape index (κ2) is 8.28. The number of ether oxygens (including phenoxy) is 2. The largest absolute Gasteiger partial charge is 0.494 e. The fourth-order valence-electron chi connectivity index (χ4n) is 3.42. The third-order valence-corrected chi connectivity index (χ3v) is 4.84. The predicted molar refractivity (Wildman–Crippen MR) is 102 cm³/mol. The van der Waals surface area contributed by atoms with E-state index in [0.717, 1.165) is 17.4 Å². The van der Waals surface area contributed by atoms with E-state index >= 15 is 0 Å². The number of ketones is 1. The van der Waals surface area contributed by atoms with E-state index in [4.69, 9.17) is 9.47 Å². The molecule has 0 spiro atoms. The maximum absolute atomic E-state index is 13.1. The molecule has 7 nitrogen and oxygen atoms in total. The number of hydrogen-bond donors (Lipinski definition) is 1. The summed E-state index contributed by atoms with van der Waals surface area (Å²) in [7, 11) is 0. The monoisotopic (exact) mass is 382 g/mol. The second-order valence-corrected chi connectivity index (χ2v) is 6.65. The third kappa shape index (κ3) is 3.64. The van der Waals surface area contributed by atoms with Crippen LogP contribution in [0.25, 0.3) is 0 Å². The molecule has 0 aliphatic carbocycles. The van der Waals surface area contributed by atoms with E-state index in [1.54, 1.807) is 24.3 Å². The Labute approximate surface area is 162 Å². The molecule has 1 saturated heterocycles. The molecule has 2 aromatic rings. The molecule has 28 heavy (non-hydrogen) atoms. The van der Waals surface area contributed by atoms with Gasteiger partial charge in [-0.25, -0.2) is 0 Å². The first-order chi connectivity index (χ1) is 13.5. The third-order valence-electron chi connectivity index (χ3n) is 4.84. The van der Waals surface area contributed by atoms with Crippen LogP contribution in [0, 0.1) is 18.3 Å². The standard InChI is InChI=1S/C21H22N2O5/c1-3-27-15-7-4-6-14(10-15)19(24)18-13(2)17(11-22)20(25)23(21(18)26)12-16-8-5-9-28-16/h4,6-7,10,16,26H,3,5,8-9,12H2,1-2H3. The van der Waals surface area contributed by atoms with Crippen molar-refractivity contribution in [3.63, 3.8) is 0 Å². The first-order valence-electron chi connectivity index (χ1n) is 9.23. The summed E-state index contributed by atoms with van der Waals surface area (Å²) < 4.78 is 12.0. The number of benzene rings is 1. The van der Waals surface area contributed by atoms with Gasteiger partial charge in [-0.3, -0.25) is 14.2 Å². The SMILES string of the molecule is CCOc1cccc(C(=O)c2c(C)c(C#N)c(=O)n(CC3CCCO3)c2O)c1. The first-order valence-corrected chi connectivity index (χ1v) is 9.23. The highest BCUT2D eigenvalue weighted by Crippen LogP contribution is 2.27. The lowest BCUT2D eigenvalue weighted by atomic mass is 9.97. The van der Waals surface area contributed by atoms with Gasteiger partial charge in [0, 0.05) is 12.2 Å². The van der Waals surface area contributed by atoms with Gasteiger partial charge in [-0.2, -0.15) is 5.26 Å². The maximum atomic E-state index is 13.1. The fraction of sp³-hybridized carbons (Fsp3) is 0.381. The molecule has 1 aromatic carbocycles. The highest BCUT2D eigenvalue weighted by atomic mass is 16.5. The minimum absolute atomic E-state index is 0.0530. The Morgan fingerprint density at radius 2 is 2.25 bits per heavy atom. The van der Waals surface area contributed by atoms with E-state index in [0.29, 0.717) is 24.5 Å². The summed E-state index contributed by atoms with van der Waals surface area (Å²) in [6.45, 7) is 4.47. The smallest absolute Gasteiger partial charge is 0.271 e. The van der Waals surface area contributed by atoms with Crippen LogP contribution in [-0.2, 0) is 11.3 Å². The Hall–Kier alpha value is -3.11. The first kappa shape index (κ1) is 19.6. The van der Waals surface area contributed by atoms with E-state index in [2.05, 4.69) is 0 Å². The van der Waals surface area contributed by atoms with Gasteiger partial charge in [0.05, 0.1) is 24.8 Å². The molecule has 1 fully saturated rings. The zero-order chi connectivity index (χ0) is 20.3. The zero-order valence-electron chi connectivity index (χ0n) is 15.9. The molecule has 1 aliphatic heterocycles. The summed E-state index contributed by atoms with van der Waals surface area (Å²) in [5, 5.41) is 20.2. The predicted octanol–water partition coefficient (Wildman–Crippen LogP) is 2.54. The molecule has 3 rings (SSSR count). The van der Waals surface area contributed by atoms with Gasteiger partial charge in [0.15, 0.2) is 5.78 Å². The molecule has 0 bridgehead atoms. The second-order valence-electron chi connectivity index (χ2n) is 6.65. The van der Waals surface area contributed by atoms with Crippen LogP contribution < -0.4 is 10.3 Å². The molecule has 2 heterocycles. The lowest BCUT2D eigenvalue weighted by Crippen LogP contribution is -2.30. The Morgan fingerprint density at radius 1 is 1.46 bits per heavy atom. The van der Waals surface area contributed by atoms with E-state index in [-0.39, 0.29) is 29.3 Å². The van der Waals surface area contributed by atoms with E-state index < -0.39 is 17.2 Å². The summed E-state index contributed by atoms with van der Waals surface area (Å²) in [5.41, 5.74) is -0.355. The minimum Gasteiger partial charge on any atom is -0.494 e. The Bertz CT molecular complexity index is 997. The minimum atomic E-state index is -0.618. The number of aromatic nitrogens is 1. The molecule has 0 saturated carbocycles. The molecule has 146 valence electrons. The molecule has 7 heteroatoms. The number of aromatic hydroxyl groups is 1. The maximum Gasteiger partial charge on any atom is 0.271 e. The summed E-state index contributed by atoms with van der Waals surface area (Å²) in [6.07, 6.45) is 1.39. The fourth-order valence-corrected chi connectivity index (χ4v) is 3.42. The normalized spacial score (nSPS) is 16.0. The number of nitriles is 1. The van der Waals surface area contributed by atoms with Crippen molar-refractivity contribution in [1.29, 1.82) is 5.26 Å². The topological polar surface area (TPSA) is 102 Å². The van der Waals surface area contributed by atoms with Crippen LogP contribution in [0.4, 0.5) is 0 Å². The van der Waals surface area contributed by atoms with Crippen molar-refractivity contribution in [3.8, 4) is 17.7 Å². The van der Waals surface area contributed by atoms with Gasteiger partial charge in [0.2, 0.25) is 5.88 Å². The van der Waals surface area contributed by atoms with E-state index in [1.807, 2.05) is 13.0 Å². The van der Waals surface area contributed by atoms with Crippen LogP contribution in [0.3, 0.4) is 0 Å². The molecule has 0 amide bonds. The molecule has 0 radical (unpaired) electrons. The average Bonchev–Trinajstić information content (AvgIpc) is 3.19. The van der Waals surface area contributed by atoms with Crippen LogP contribution in [-0.4, -0.2) is 34.8 Å². The van der Waals surface area contributed by atoms with Gasteiger partial charge in [0.1, 0.15) is 17.4 Å². The number of pyridine rings is 1. The quantitative estimate of drug-likeness (QED) is 0.771. The Kier molecular flexibility index (Phi) is 5.81. The van der Waals surface area contributed by atoms with Crippen molar-refractivity contribution in [2.24, 2.45) is 0 Å². The highest BCUT2D eigenvalue weighted by molar-refractivity contribution is 6.11. The van der Waals surface area contributed by atoms with Crippen molar-refractivity contribution >= 4 is 5.78 Å². The van der Waals surface area contributed by atoms with Crippen LogP contribution in [0.5, 0.6) is 11.6 Å². The average molecular weight is 382 g/mol. The molecule has 1 atom stereocenters. The molecular formula is C21H22N2O5. The number of nitrogens with zero attached hydrogens (tertiary/aromatic N) is 2. The van der Waals surface area contributed by atoms with Gasteiger partial charge < -0.3 is 14.6 Å². The van der Waals surface area contributed by atoms with E-state index in [9.17, 15) is 20.0 Å². The van der Waals surface area contributed by atoms with Gasteiger partial charge >= 0.3 is 0 Å². The van der Waals surface area contributed by atoms with Crippen molar-refractivity contribution in [1.82, 2.24) is 4.57 Å². The van der Waals surface area contributed by atoms with Crippen LogP contribution in [0.2, 0.25) is 0 Å². The molecular weight excluding hydrogens is 360 g/mol. The van der Waals surface area contributed by atoms with Crippen LogP contribution in [0.15, 0.2) is 29.1 Å². The van der Waals surface area contributed by atoms with Gasteiger partial charge in [0.25, 0.3) is 5.56 Å². The van der Waals surface area contributed by atoms with Crippen molar-refractivity contribution in [3.05, 3.63) is 56.9 Å². The van der Waals surface area contributed by atoms with Gasteiger partial charge in [-0.15, -0.1) is 0 Å². The Balaban J connectivity index is 2.11. The molecule has 1 aliphatic rings. The number of carbonyl (C=O) groups is 1. The zero-order valence-corrected chi connectivity index (χ0v) is 15.9. The van der Waals surface area contributed by atoms with Crippen LogP contribution >= 0.6 is 0 Å². The summed E-state index contributed by atoms with van der Waals surface area (Å²) in [4.78, 5) is 25.8. The van der Waals surface area contributed by atoms with Crippen molar-refractivity contribution < 1.29 is 19.4 Å². The van der Waals surface area contributed by atoms with Gasteiger partial charge in [-0.1, -0.05) is 12.1 Å². The van der Waals surface area contributed by atoms with Crippen LogP contribution in [0.1, 0.15) is 46.8 Å². The highest BCUT2D eigenvalue weighted by Gasteiger charge is 2.27.